The maximum absolute atomic E-state index is 12.8. The number of nitrogens with zero attached hydrogens (tertiary/aromatic N) is 3. The van der Waals surface area contributed by atoms with Gasteiger partial charge in [-0.2, -0.15) is 13.2 Å². The highest BCUT2D eigenvalue weighted by molar-refractivity contribution is 7.99. The van der Waals surface area contributed by atoms with Crippen molar-refractivity contribution in [1.82, 2.24) is 14.9 Å². The third-order valence-electron chi connectivity index (χ3n) is 2.63. The largest absolute Gasteiger partial charge is 0.418 e. The van der Waals surface area contributed by atoms with Crippen LogP contribution in [0.25, 0.3) is 0 Å². The molecule has 2 aromatic rings. The molecule has 0 spiro atoms. The van der Waals surface area contributed by atoms with Gasteiger partial charge in [0.1, 0.15) is 0 Å². The van der Waals surface area contributed by atoms with Crippen LogP contribution in [-0.2, 0) is 11.0 Å². The molecular formula is C11H12F3N7OS. The smallest absolute Gasteiger partial charge is 0.334 e. The number of amides is 1. The van der Waals surface area contributed by atoms with E-state index >= 15 is 0 Å². The molecular weight excluding hydrogens is 335 g/mol. The number of para-hydroxylation sites is 1. The van der Waals surface area contributed by atoms with Crippen molar-refractivity contribution < 1.29 is 18.0 Å². The molecule has 1 heterocycles. The van der Waals surface area contributed by atoms with Crippen LogP contribution in [0.5, 0.6) is 0 Å². The van der Waals surface area contributed by atoms with Gasteiger partial charge in [-0.25, -0.2) is 10.5 Å². The number of carbonyl (C=O) groups is 1. The summed E-state index contributed by atoms with van der Waals surface area (Å²) in [5.74, 6) is 9.95. The van der Waals surface area contributed by atoms with Crippen LogP contribution in [0.4, 0.5) is 24.8 Å². The highest BCUT2D eigenvalue weighted by Crippen LogP contribution is 2.34. The van der Waals surface area contributed by atoms with Crippen LogP contribution in [-0.4, -0.2) is 26.5 Å². The number of benzene rings is 1. The number of nitrogens with two attached hydrogens (primary N) is 2. The zero-order chi connectivity index (χ0) is 17.0. The SMILES string of the molecule is NNc1nnc(SCC(=O)Nc2ccccc2C(F)(F)F)n1N. The van der Waals surface area contributed by atoms with Crippen molar-refractivity contribution in [2.75, 3.05) is 22.3 Å². The minimum Gasteiger partial charge on any atom is -0.334 e. The number of halogens is 3. The van der Waals surface area contributed by atoms with Gasteiger partial charge in [0.2, 0.25) is 11.1 Å². The maximum Gasteiger partial charge on any atom is 0.418 e. The van der Waals surface area contributed by atoms with Gasteiger partial charge in [0.25, 0.3) is 5.95 Å². The van der Waals surface area contributed by atoms with Gasteiger partial charge in [-0.1, -0.05) is 23.9 Å². The summed E-state index contributed by atoms with van der Waals surface area (Å²) in [6.07, 6.45) is -4.56. The Kier molecular flexibility index (Phi) is 4.95. The number of hydrogen-bond donors (Lipinski definition) is 4. The molecule has 8 nitrogen and oxygen atoms in total. The van der Waals surface area contributed by atoms with E-state index in [9.17, 15) is 18.0 Å². The predicted molar refractivity (Wildman–Crippen MR) is 78.8 cm³/mol. The first-order valence-corrected chi connectivity index (χ1v) is 7.07. The second-order valence-electron chi connectivity index (χ2n) is 4.20. The zero-order valence-corrected chi connectivity index (χ0v) is 12.3. The lowest BCUT2D eigenvalue weighted by Crippen LogP contribution is -2.20. The minimum absolute atomic E-state index is 0.0790. The normalized spacial score (nSPS) is 11.3. The summed E-state index contributed by atoms with van der Waals surface area (Å²) in [4.78, 5) is 11.8. The van der Waals surface area contributed by atoms with Crippen molar-refractivity contribution in [2.24, 2.45) is 5.84 Å². The molecule has 1 aromatic heterocycles. The Morgan fingerprint density at radius 3 is 2.61 bits per heavy atom. The van der Waals surface area contributed by atoms with Gasteiger partial charge < -0.3 is 11.2 Å². The van der Waals surface area contributed by atoms with E-state index in [1.54, 1.807) is 0 Å². The second kappa shape index (κ2) is 6.75. The number of aromatic nitrogens is 3. The van der Waals surface area contributed by atoms with Crippen molar-refractivity contribution in [3.63, 3.8) is 0 Å². The summed E-state index contributed by atoms with van der Waals surface area (Å²) in [7, 11) is 0. The number of thioether (sulfide) groups is 1. The highest BCUT2D eigenvalue weighted by atomic mass is 32.2. The molecule has 0 saturated heterocycles. The fraction of sp³-hybridized carbons (Fsp3) is 0.182. The Labute approximate surface area is 132 Å². The lowest BCUT2D eigenvalue weighted by Gasteiger charge is -2.13. The van der Waals surface area contributed by atoms with Crippen LogP contribution < -0.4 is 22.4 Å². The number of nitrogens with one attached hydrogen (secondary N) is 2. The van der Waals surface area contributed by atoms with Crippen LogP contribution in [0.1, 0.15) is 5.56 Å². The molecule has 124 valence electrons. The molecule has 23 heavy (non-hydrogen) atoms. The molecule has 6 N–H and O–H groups in total. The van der Waals surface area contributed by atoms with Gasteiger partial charge in [0, 0.05) is 0 Å². The molecule has 0 unspecified atom stereocenters. The van der Waals surface area contributed by atoms with Gasteiger partial charge in [0.05, 0.1) is 17.0 Å². The third-order valence-corrected chi connectivity index (χ3v) is 3.58. The van der Waals surface area contributed by atoms with Crippen LogP contribution in [0.3, 0.4) is 0 Å². The maximum atomic E-state index is 12.8. The summed E-state index contributed by atoms with van der Waals surface area (Å²) in [6, 6.07) is 4.70. The first kappa shape index (κ1) is 16.9. The Morgan fingerprint density at radius 1 is 1.30 bits per heavy atom. The monoisotopic (exact) mass is 347 g/mol. The van der Waals surface area contributed by atoms with Crippen molar-refractivity contribution in [3.05, 3.63) is 29.8 Å². The summed E-state index contributed by atoms with van der Waals surface area (Å²) in [5, 5.41) is 9.65. The van der Waals surface area contributed by atoms with Crippen LogP contribution in [0.2, 0.25) is 0 Å². The average molecular weight is 347 g/mol. The van der Waals surface area contributed by atoms with Crippen LogP contribution in [0.15, 0.2) is 29.4 Å². The summed E-state index contributed by atoms with van der Waals surface area (Å²) < 4.78 is 39.5. The number of carbonyl (C=O) groups excluding carboxylic acids is 1. The van der Waals surface area contributed by atoms with Crippen molar-refractivity contribution in [2.45, 2.75) is 11.3 Å². The standard InChI is InChI=1S/C11H12F3N7OS/c12-11(13,14)6-3-1-2-4-7(6)17-8(22)5-23-10-20-19-9(18-15)21(10)16/h1-4H,5,15-16H2,(H,17,22)(H,18,19). The first-order chi connectivity index (χ1) is 10.8. The van der Waals surface area contributed by atoms with Crippen molar-refractivity contribution in [1.29, 1.82) is 0 Å². The Morgan fingerprint density at radius 2 is 2.00 bits per heavy atom. The van der Waals surface area contributed by atoms with E-state index < -0.39 is 17.6 Å². The molecule has 1 aromatic carbocycles. The number of hydrazine groups is 1. The van der Waals surface area contributed by atoms with Gasteiger partial charge >= 0.3 is 6.18 Å². The number of rotatable bonds is 5. The van der Waals surface area contributed by atoms with E-state index in [-0.39, 0.29) is 22.5 Å². The number of anilines is 2. The molecule has 0 radical (unpaired) electrons. The quantitative estimate of drug-likeness (QED) is 0.362. The molecule has 0 fully saturated rings. The molecule has 0 aliphatic carbocycles. The van der Waals surface area contributed by atoms with Gasteiger partial charge in [-0.3, -0.25) is 10.2 Å². The third kappa shape index (κ3) is 4.04. The van der Waals surface area contributed by atoms with E-state index in [4.69, 9.17) is 11.7 Å². The zero-order valence-electron chi connectivity index (χ0n) is 11.5. The van der Waals surface area contributed by atoms with Gasteiger partial charge in [-0.05, 0) is 12.1 Å². The van der Waals surface area contributed by atoms with E-state index in [0.29, 0.717) is 0 Å². The van der Waals surface area contributed by atoms with Gasteiger partial charge in [0.15, 0.2) is 0 Å². The van der Waals surface area contributed by atoms with E-state index in [2.05, 4.69) is 20.9 Å². The van der Waals surface area contributed by atoms with E-state index in [0.717, 1.165) is 22.5 Å². The first-order valence-electron chi connectivity index (χ1n) is 6.09. The number of nitrogen functional groups attached to an aromatic ring is 2. The fourth-order valence-corrected chi connectivity index (χ4v) is 2.29. The lowest BCUT2D eigenvalue weighted by atomic mass is 10.1. The molecule has 0 aliphatic heterocycles. The molecule has 0 aliphatic rings. The Hall–Kier alpha value is -2.47. The predicted octanol–water partition coefficient (Wildman–Crippen LogP) is 1.03. The molecule has 0 saturated carbocycles. The average Bonchev–Trinajstić information content (AvgIpc) is 2.85. The highest BCUT2D eigenvalue weighted by Gasteiger charge is 2.33. The lowest BCUT2D eigenvalue weighted by molar-refractivity contribution is -0.137. The number of hydrogen-bond acceptors (Lipinski definition) is 7. The summed E-state index contributed by atoms with van der Waals surface area (Å²) in [5.41, 5.74) is 0.956. The molecule has 2 rings (SSSR count). The Balaban J connectivity index is 2.02. The fourth-order valence-electron chi connectivity index (χ4n) is 1.63. The van der Waals surface area contributed by atoms with Crippen molar-refractivity contribution in [3.8, 4) is 0 Å². The molecule has 12 heteroatoms. The molecule has 0 bridgehead atoms. The Bertz CT molecular complexity index is 703. The molecule has 1 amide bonds. The second-order valence-corrected chi connectivity index (χ2v) is 5.14. The van der Waals surface area contributed by atoms with E-state index in [1.807, 2.05) is 0 Å². The number of alkyl halides is 3. The van der Waals surface area contributed by atoms with Crippen LogP contribution in [0, 0.1) is 0 Å². The summed E-state index contributed by atoms with van der Waals surface area (Å²) >= 11 is 0.899. The van der Waals surface area contributed by atoms with Gasteiger partial charge in [-0.15, -0.1) is 10.2 Å². The summed E-state index contributed by atoms with van der Waals surface area (Å²) in [6.45, 7) is 0. The molecule has 0 atom stereocenters. The topological polar surface area (TPSA) is 124 Å². The van der Waals surface area contributed by atoms with Crippen molar-refractivity contribution >= 4 is 29.3 Å². The van der Waals surface area contributed by atoms with Crippen LogP contribution >= 0.6 is 11.8 Å². The van der Waals surface area contributed by atoms with E-state index in [1.165, 1.54) is 18.2 Å². The minimum atomic E-state index is -4.56.